The number of rotatable bonds is 8. The molecule has 3 heterocycles. The maximum absolute atomic E-state index is 11.9. The Morgan fingerprint density at radius 1 is 0.940 bits per heavy atom. The van der Waals surface area contributed by atoms with E-state index in [0.717, 1.165) is 44.5 Å². The molecule has 276 valence electrons. The molecular weight excluding hydrogens is 641 g/mol. The Morgan fingerprint density at radius 2 is 1.66 bits per heavy atom. The van der Waals surface area contributed by atoms with Gasteiger partial charge < -0.3 is 15.1 Å². The van der Waals surface area contributed by atoms with Gasteiger partial charge in [-0.05, 0) is 149 Å². The largest absolute Gasteiger partial charge is 0.335 e. The number of fused-ring (bicyclic) bond motifs is 7. The van der Waals surface area contributed by atoms with Crippen LogP contribution in [0.4, 0.5) is 5.95 Å². The smallest absolute Gasteiger partial charge is 0.225 e. The van der Waals surface area contributed by atoms with Crippen molar-refractivity contribution >= 4 is 15.8 Å². The van der Waals surface area contributed by atoms with Gasteiger partial charge in [0.2, 0.25) is 5.95 Å². The third kappa shape index (κ3) is 5.68. The van der Waals surface area contributed by atoms with E-state index in [1.54, 1.807) is 12.4 Å². The van der Waals surface area contributed by atoms with Crippen molar-refractivity contribution < 1.29 is 8.42 Å². The molecule has 6 aliphatic rings. The third-order valence-corrected chi connectivity index (χ3v) is 18.3. The Bertz CT molecular complexity index is 1590. The zero-order valence-corrected chi connectivity index (χ0v) is 32.8. The number of aromatic nitrogens is 2. The molecule has 7 rings (SSSR count). The van der Waals surface area contributed by atoms with E-state index in [4.69, 9.17) is 0 Å². The van der Waals surface area contributed by atoms with Gasteiger partial charge >= 0.3 is 0 Å². The van der Waals surface area contributed by atoms with Gasteiger partial charge in [0.15, 0.2) is 9.84 Å². The number of hydrogen-bond donors (Lipinski definition) is 1. The SMILES string of the molecule is C=C(C)[C@@H]1CC[C@]2(CNCCCN3CCS(=O)(=O)CC3)CC[C@]3(C)[C@H](CC[C@@H]4[C@@]5(C)CCN(c6ncc(C#N)cn6)C(C)(C)[C@@H]5CC[C@]43C)[C@@H]12. The number of hydrogen-bond acceptors (Lipinski definition) is 8. The molecule has 0 unspecified atom stereocenters. The minimum absolute atomic E-state index is 0.0597. The minimum Gasteiger partial charge on any atom is -0.335 e. The van der Waals surface area contributed by atoms with Crippen molar-refractivity contribution in [2.24, 2.45) is 51.2 Å². The molecule has 8 nitrogen and oxygen atoms in total. The van der Waals surface area contributed by atoms with Crippen LogP contribution >= 0.6 is 0 Å². The third-order valence-electron chi connectivity index (χ3n) is 16.7. The van der Waals surface area contributed by atoms with E-state index in [9.17, 15) is 13.7 Å². The number of nitriles is 1. The van der Waals surface area contributed by atoms with Gasteiger partial charge in [0.05, 0.1) is 29.5 Å². The number of allylic oxidation sites excluding steroid dienone is 1. The maximum Gasteiger partial charge on any atom is 0.225 e. The molecule has 50 heavy (non-hydrogen) atoms. The van der Waals surface area contributed by atoms with Gasteiger partial charge in [-0.15, -0.1) is 0 Å². The predicted octanol–water partition coefficient (Wildman–Crippen LogP) is 6.88. The van der Waals surface area contributed by atoms with Crippen LogP contribution in [-0.2, 0) is 9.84 Å². The van der Waals surface area contributed by atoms with E-state index >= 15 is 0 Å². The fourth-order valence-electron chi connectivity index (χ4n) is 13.9. The average Bonchev–Trinajstić information content (AvgIpc) is 3.46. The lowest BCUT2D eigenvalue weighted by Gasteiger charge is -2.73. The van der Waals surface area contributed by atoms with Gasteiger partial charge in [-0.1, -0.05) is 32.9 Å². The number of anilines is 1. The number of sulfone groups is 1. The lowest BCUT2D eigenvalue weighted by Crippen LogP contribution is -2.70. The second kappa shape index (κ2) is 12.8. The van der Waals surface area contributed by atoms with Crippen LogP contribution in [0, 0.1) is 62.6 Å². The van der Waals surface area contributed by atoms with Crippen molar-refractivity contribution in [3.05, 3.63) is 30.1 Å². The first-order valence-electron chi connectivity index (χ1n) is 19.9. The molecule has 0 radical (unpaired) electrons. The van der Waals surface area contributed by atoms with Gasteiger partial charge in [-0.2, -0.15) is 5.26 Å². The fourth-order valence-corrected chi connectivity index (χ4v) is 15.2. The predicted molar refractivity (Wildman–Crippen MR) is 201 cm³/mol. The van der Waals surface area contributed by atoms with Gasteiger partial charge in [-0.3, -0.25) is 0 Å². The molecule has 9 atom stereocenters. The molecular formula is C41H64N6O2S. The summed E-state index contributed by atoms with van der Waals surface area (Å²) in [5.41, 5.74) is 3.12. The highest BCUT2D eigenvalue weighted by Gasteiger charge is 2.70. The Morgan fingerprint density at radius 3 is 2.34 bits per heavy atom. The maximum atomic E-state index is 11.9. The van der Waals surface area contributed by atoms with E-state index in [1.165, 1.54) is 63.4 Å². The first-order chi connectivity index (χ1) is 23.6. The zero-order chi connectivity index (χ0) is 35.7. The Labute approximate surface area is 303 Å². The number of piperidine rings is 1. The van der Waals surface area contributed by atoms with E-state index in [2.05, 4.69) is 79.3 Å². The summed E-state index contributed by atoms with van der Waals surface area (Å²) in [5, 5.41) is 13.3. The van der Waals surface area contributed by atoms with Crippen molar-refractivity contribution in [2.45, 2.75) is 111 Å². The van der Waals surface area contributed by atoms with Gasteiger partial charge in [0.25, 0.3) is 0 Å². The Balaban J connectivity index is 1.08. The number of nitrogens with zero attached hydrogens (tertiary/aromatic N) is 5. The molecule has 4 saturated carbocycles. The first-order valence-corrected chi connectivity index (χ1v) is 21.7. The summed E-state index contributed by atoms with van der Waals surface area (Å²) in [6, 6.07) is 2.18. The van der Waals surface area contributed by atoms with Crippen molar-refractivity contribution in [3.8, 4) is 6.07 Å². The standard InChI is InChI=1S/C41H64N6O2S/c1-29(2)31-11-14-41(28-43-18-8-19-46-21-23-50(48,49)24-22-46)16-15-39(6)32(35(31)41)9-10-34-38(5)17-20-47(36-44-26-30(25-42)27-45-36)37(3,4)33(38)12-13-40(34,39)7/h26-27,31-35,43H,1,8-24,28H2,2-7H3/t31-,32+,33-,34+,35+,38-,39+,40+,41+/m0/s1. The highest BCUT2D eigenvalue weighted by atomic mass is 32.2. The fraction of sp³-hybridized carbons (Fsp3) is 0.829. The summed E-state index contributed by atoms with van der Waals surface area (Å²) in [6.45, 7) is 25.4. The van der Waals surface area contributed by atoms with Crippen molar-refractivity contribution in [1.82, 2.24) is 20.2 Å². The van der Waals surface area contributed by atoms with Crippen LogP contribution in [0.15, 0.2) is 24.5 Å². The van der Waals surface area contributed by atoms with Crippen LogP contribution in [-0.4, -0.2) is 79.6 Å². The topological polar surface area (TPSA) is 102 Å². The lowest BCUT2D eigenvalue weighted by atomic mass is 9.33. The monoisotopic (exact) mass is 704 g/mol. The summed E-state index contributed by atoms with van der Waals surface area (Å²) in [4.78, 5) is 14.1. The summed E-state index contributed by atoms with van der Waals surface area (Å²) >= 11 is 0. The van der Waals surface area contributed by atoms with Crippen LogP contribution in [0.2, 0.25) is 0 Å². The molecule has 0 bridgehead atoms. The van der Waals surface area contributed by atoms with E-state index < -0.39 is 9.84 Å². The van der Waals surface area contributed by atoms with Crippen LogP contribution in [0.25, 0.3) is 0 Å². The molecule has 1 aromatic heterocycles. The molecule has 2 aliphatic heterocycles. The molecule has 2 saturated heterocycles. The summed E-state index contributed by atoms with van der Waals surface area (Å²) in [5.74, 6) is 4.74. The highest BCUT2D eigenvalue weighted by Crippen LogP contribution is 2.76. The molecule has 0 spiro atoms. The van der Waals surface area contributed by atoms with E-state index in [1.807, 2.05) is 0 Å². The lowest BCUT2D eigenvalue weighted by molar-refractivity contribution is -0.227. The zero-order valence-electron chi connectivity index (χ0n) is 31.9. The molecule has 1 N–H and O–H groups in total. The van der Waals surface area contributed by atoms with Crippen molar-refractivity contribution in [1.29, 1.82) is 5.26 Å². The summed E-state index contributed by atoms with van der Waals surface area (Å²) < 4.78 is 23.7. The minimum atomic E-state index is -2.82. The van der Waals surface area contributed by atoms with Crippen LogP contribution in [0.3, 0.4) is 0 Å². The van der Waals surface area contributed by atoms with Crippen LogP contribution in [0.1, 0.15) is 111 Å². The molecule has 0 aromatic carbocycles. The highest BCUT2D eigenvalue weighted by molar-refractivity contribution is 7.91. The van der Waals surface area contributed by atoms with Crippen molar-refractivity contribution in [3.63, 3.8) is 0 Å². The van der Waals surface area contributed by atoms with E-state index in [0.29, 0.717) is 70.1 Å². The molecule has 6 fully saturated rings. The second-order valence-electron chi connectivity index (χ2n) is 19.0. The molecule has 1 aromatic rings. The number of nitrogens with one attached hydrogen (secondary N) is 1. The Kier molecular flexibility index (Phi) is 9.33. The first kappa shape index (κ1) is 36.3. The van der Waals surface area contributed by atoms with Gasteiger partial charge in [-0.25, -0.2) is 18.4 Å². The molecule has 4 aliphatic carbocycles. The normalized spacial score (nSPS) is 42.0. The van der Waals surface area contributed by atoms with Crippen molar-refractivity contribution in [2.75, 3.05) is 55.7 Å². The van der Waals surface area contributed by atoms with E-state index in [-0.39, 0.29) is 11.0 Å². The quantitative estimate of drug-likeness (QED) is 0.231. The van der Waals surface area contributed by atoms with Crippen LogP contribution in [0.5, 0.6) is 0 Å². The Hall–Kier alpha value is -2.02. The van der Waals surface area contributed by atoms with Gasteiger partial charge in [0.1, 0.15) is 6.07 Å². The molecule has 0 amide bonds. The second-order valence-corrected chi connectivity index (χ2v) is 21.3. The average molecular weight is 705 g/mol. The summed E-state index contributed by atoms with van der Waals surface area (Å²) in [6.07, 6.45) is 16.1. The summed E-state index contributed by atoms with van der Waals surface area (Å²) in [7, 11) is -2.82. The van der Waals surface area contributed by atoms with Crippen LogP contribution < -0.4 is 10.2 Å². The van der Waals surface area contributed by atoms with Gasteiger partial charge in [0, 0.05) is 31.7 Å². The molecule has 9 heteroatoms.